The Balaban J connectivity index is 1.69. The van der Waals surface area contributed by atoms with Crippen molar-refractivity contribution in [1.82, 2.24) is 14.8 Å². The summed E-state index contributed by atoms with van der Waals surface area (Å²) in [6.07, 6.45) is 1.91. The first-order chi connectivity index (χ1) is 11.9. The van der Waals surface area contributed by atoms with E-state index in [4.69, 9.17) is 0 Å². The highest BCUT2D eigenvalue weighted by molar-refractivity contribution is 9.10. The number of hydrogen-bond acceptors (Lipinski definition) is 4. The van der Waals surface area contributed by atoms with E-state index in [-0.39, 0.29) is 24.7 Å². The molecule has 0 spiro atoms. The van der Waals surface area contributed by atoms with Crippen molar-refractivity contribution < 1.29 is 9.18 Å². The van der Waals surface area contributed by atoms with Crippen LogP contribution in [0, 0.1) is 19.7 Å². The first kappa shape index (κ1) is 17.8. The Morgan fingerprint density at radius 1 is 1.36 bits per heavy atom. The molecule has 8 heteroatoms. The number of carbonyl (C=O) groups is 1. The molecule has 3 aromatic rings. The topological polar surface area (TPSA) is 59.8 Å². The summed E-state index contributed by atoms with van der Waals surface area (Å²) in [7, 11) is 0. The van der Waals surface area contributed by atoms with Gasteiger partial charge in [-0.3, -0.25) is 9.48 Å². The van der Waals surface area contributed by atoms with Gasteiger partial charge in [0.05, 0.1) is 28.1 Å². The van der Waals surface area contributed by atoms with Crippen LogP contribution in [-0.4, -0.2) is 20.7 Å². The Morgan fingerprint density at radius 2 is 2.12 bits per heavy atom. The first-order valence-electron chi connectivity index (χ1n) is 7.61. The van der Waals surface area contributed by atoms with E-state index >= 15 is 0 Å². The third-order valence-corrected chi connectivity index (χ3v) is 5.10. The zero-order valence-corrected chi connectivity index (χ0v) is 16.1. The maximum absolute atomic E-state index is 13.7. The fourth-order valence-corrected chi connectivity index (χ4v) is 3.68. The van der Waals surface area contributed by atoms with Crippen molar-refractivity contribution in [3.63, 3.8) is 0 Å². The van der Waals surface area contributed by atoms with Gasteiger partial charge in [-0.1, -0.05) is 18.2 Å². The van der Waals surface area contributed by atoms with E-state index in [0.29, 0.717) is 15.9 Å². The van der Waals surface area contributed by atoms with Crippen molar-refractivity contribution >= 4 is 39.0 Å². The highest BCUT2D eigenvalue weighted by atomic mass is 79.9. The third kappa shape index (κ3) is 4.32. The van der Waals surface area contributed by atoms with E-state index in [1.807, 2.05) is 13.8 Å². The normalized spacial score (nSPS) is 10.9. The van der Waals surface area contributed by atoms with Gasteiger partial charge in [0.2, 0.25) is 5.91 Å². The summed E-state index contributed by atoms with van der Waals surface area (Å²) in [6, 6.07) is 6.54. The highest BCUT2D eigenvalue weighted by Gasteiger charge is 2.14. The Hall–Kier alpha value is -2.06. The van der Waals surface area contributed by atoms with Gasteiger partial charge < -0.3 is 5.32 Å². The van der Waals surface area contributed by atoms with E-state index in [1.165, 1.54) is 6.07 Å². The molecule has 130 valence electrons. The number of aromatic nitrogens is 3. The number of rotatable bonds is 5. The second kappa shape index (κ2) is 7.45. The van der Waals surface area contributed by atoms with Crippen molar-refractivity contribution in [1.29, 1.82) is 0 Å². The van der Waals surface area contributed by atoms with Crippen molar-refractivity contribution in [2.45, 2.75) is 26.8 Å². The summed E-state index contributed by atoms with van der Waals surface area (Å²) < 4.78 is 16.0. The quantitative estimate of drug-likeness (QED) is 0.673. The van der Waals surface area contributed by atoms with Crippen LogP contribution >= 0.6 is 27.3 Å². The number of nitrogens with one attached hydrogen (secondary N) is 1. The molecule has 0 saturated heterocycles. The molecule has 0 aliphatic rings. The fourth-order valence-electron chi connectivity index (χ4n) is 2.43. The number of amides is 1. The van der Waals surface area contributed by atoms with Crippen LogP contribution in [0.1, 0.15) is 21.1 Å². The van der Waals surface area contributed by atoms with Crippen molar-refractivity contribution in [2.24, 2.45) is 0 Å². The van der Waals surface area contributed by atoms with Gasteiger partial charge in [-0.2, -0.15) is 5.10 Å². The van der Waals surface area contributed by atoms with Crippen LogP contribution in [0.3, 0.4) is 0 Å². The predicted molar refractivity (Wildman–Crippen MR) is 99.4 cm³/mol. The highest BCUT2D eigenvalue weighted by Crippen LogP contribution is 2.22. The Kier molecular flexibility index (Phi) is 5.29. The van der Waals surface area contributed by atoms with E-state index in [9.17, 15) is 9.18 Å². The van der Waals surface area contributed by atoms with E-state index in [1.54, 1.807) is 40.4 Å². The molecule has 0 bridgehead atoms. The van der Waals surface area contributed by atoms with Crippen molar-refractivity contribution in [3.05, 3.63) is 61.9 Å². The van der Waals surface area contributed by atoms with Gasteiger partial charge >= 0.3 is 0 Å². The zero-order valence-electron chi connectivity index (χ0n) is 13.7. The smallest absolute Gasteiger partial charge is 0.231 e. The lowest BCUT2D eigenvalue weighted by Crippen LogP contribution is -2.16. The molecule has 0 unspecified atom stereocenters. The average molecular weight is 423 g/mol. The second-order valence-electron chi connectivity index (χ2n) is 5.58. The van der Waals surface area contributed by atoms with Crippen LogP contribution in [0.2, 0.25) is 0 Å². The van der Waals surface area contributed by atoms with Gasteiger partial charge in [-0.05, 0) is 35.8 Å². The molecule has 3 rings (SSSR count). The molecule has 0 aliphatic carbocycles. The molecule has 2 heterocycles. The van der Waals surface area contributed by atoms with Crippen LogP contribution in [0.15, 0.2) is 34.9 Å². The molecule has 1 amide bonds. The lowest BCUT2D eigenvalue weighted by Gasteiger charge is -2.04. The van der Waals surface area contributed by atoms with Crippen molar-refractivity contribution in [3.8, 4) is 0 Å². The lowest BCUT2D eigenvalue weighted by atomic mass is 10.2. The summed E-state index contributed by atoms with van der Waals surface area (Å²) in [5.41, 5.74) is 1.31. The summed E-state index contributed by atoms with van der Waals surface area (Å²) >= 11 is 4.95. The van der Waals surface area contributed by atoms with Crippen LogP contribution in [0.4, 0.5) is 10.2 Å². The number of halogens is 2. The number of carbonyl (C=O) groups excluding carboxylic acids is 1. The molecular weight excluding hydrogens is 407 g/mol. The van der Waals surface area contributed by atoms with Gasteiger partial charge in [0.25, 0.3) is 0 Å². The predicted octanol–water partition coefficient (Wildman–Crippen LogP) is 4.09. The Bertz CT molecular complexity index is 921. The summed E-state index contributed by atoms with van der Waals surface area (Å²) in [4.78, 5) is 17.6. The number of aryl methyl sites for hydroxylation is 2. The molecule has 25 heavy (non-hydrogen) atoms. The van der Waals surface area contributed by atoms with Gasteiger partial charge in [-0.25, -0.2) is 9.37 Å². The summed E-state index contributed by atoms with van der Waals surface area (Å²) in [5, 5.41) is 8.02. The molecule has 0 radical (unpaired) electrons. The Labute approximate surface area is 157 Å². The van der Waals surface area contributed by atoms with Gasteiger partial charge in [0, 0.05) is 16.6 Å². The first-order valence-corrected chi connectivity index (χ1v) is 9.22. The SMILES string of the molecule is Cc1nc(CC(=O)Nc2nn(Cc3ccccc3F)cc2Br)c(C)s1. The molecule has 0 aliphatic heterocycles. The number of anilines is 1. The molecule has 1 N–H and O–H groups in total. The summed E-state index contributed by atoms with van der Waals surface area (Å²) in [5.74, 6) is -0.0646. The standard InChI is InChI=1S/C17H16BrFN4OS/c1-10-15(20-11(2)25-10)7-16(24)21-17-13(18)9-23(22-17)8-12-5-3-4-6-14(12)19/h3-6,9H,7-8H2,1-2H3,(H,21,22,24). The molecule has 5 nitrogen and oxygen atoms in total. The largest absolute Gasteiger partial charge is 0.308 e. The molecular formula is C17H16BrFN4OS. The van der Waals surface area contributed by atoms with Crippen LogP contribution in [0.5, 0.6) is 0 Å². The van der Waals surface area contributed by atoms with E-state index < -0.39 is 0 Å². The van der Waals surface area contributed by atoms with Gasteiger partial charge in [0.15, 0.2) is 5.82 Å². The van der Waals surface area contributed by atoms with Gasteiger partial charge in [0.1, 0.15) is 5.82 Å². The Morgan fingerprint density at radius 3 is 2.80 bits per heavy atom. The number of nitrogens with zero attached hydrogens (tertiary/aromatic N) is 3. The zero-order chi connectivity index (χ0) is 18.0. The van der Waals surface area contributed by atoms with Crippen LogP contribution in [-0.2, 0) is 17.8 Å². The maximum Gasteiger partial charge on any atom is 0.231 e. The second-order valence-corrected chi connectivity index (χ2v) is 7.84. The summed E-state index contributed by atoms with van der Waals surface area (Å²) in [6.45, 7) is 4.15. The monoisotopic (exact) mass is 422 g/mol. The minimum absolute atomic E-state index is 0.190. The molecule has 1 aromatic carbocycles. The molecule has 2 aromatic heterocycles. The van der Waals surface area contributed by atoms with Gasteiger partial charge in [-0.15, -0.1) is 11.3 Å². The molecule has 0 saturated carbocycles. The minimum Gasteiger partial charge on any atom is -0.308 e. The number of thiazole rings is 1. The lowest BCUT2D eigenvalue weighted by molar-refractivity contribution is -0.115. The maximum atomic E-state index is 13.7. The minimum atomic E-state index is -0.283. The van der Waals surface area contributed by atoms with E-state index in [0.717, 1.165) is 15.6 Å². The van der Waals surface area contributed by atoms with Crippen molar-refractivity contribution in [2.75, 3.05) is 5.32 Å². The number of benzene rings is 1. The molecule has 0 atom stereocenters. The third-order valence-electron chi connectivity index (χ3n) is 3.59. The van der Waals surface area contributed by atoms with Crippen LogP contribution in [0.25, 0.3) is 0 Å². The number of hydrogen-bond donors (Lipinski definition) is 1. The fraction of sp³-hybridized carbons (Fsp3) is 0.235. The molecule has 0 fully saturated rings. The van der Waals surface area contributed by atoms with Crippen LogP contribution < -0.4 is 5.32 Å². The average Bonchev–Trinajstić information content (AvgIpc) is 3.03. The van der Waals surface area contributed by atoms with E-state index in [2.05, 4.69) is 31.3 Å².